The molecule has 0 saturated heterocycles. The molecular formula is C11H18O3. The van der Waals surface area contributed by atoms with Gasteiger partial charge in [0, 0.05) is 6.42 Å². The van der Waals surface area contributed by atoms with Gasteiger partial charge < -0.3 is 9.84 Å². The van der Waals surface area contributed by atoms with Crippen LogP contribution in [0.5, 0.6) is 0 Å². The molecule has 80 valence electrons. The SMILES string of the molecule is CCCC1(CCC)CC(O)=CC(=O)O1. The third-order valence-electron chi connectivity index (χ3n) is 2.52. The summed E-state index contributed by atoms with van der Waals surface area (Å²) < 4.78 is 5.35. The zero-order chi connectivity index (χ0) is 10.6. The van der Waals surface area contributed by atoms with Gasteiger partial charge in [0.1, 0.15) is 11.4 Å². The quantitative estimate of drug-likeness (QED) is 0.706. The van der Waals surface area contributed by atoms with Crippen molar-refractivity contribution in [2.24, 2.45) is 0 Å². The first-order valence-corrected chi connectivity index (χ1v) is 5.24. The number of hydrogen-bond acceptors (Lipinski definition) is 3. The molecule has 14 heavy (non-hydrogen) atoms. The zero-order valence-electron chi connectivity index (χ0n) is 8.88. The average molecular weight is 198 g/mol. The average Bonchev–Trinajstić information content (AvgIpc) is 2.02. The lowest BCUT2D eigenvalue weighted by Crippen LogP contribution is -2.38. The summed E-state index contributed by atoms with van der Waals surface area (Å²) in [5, 5.41) is 9.43. The summed E-state index contributed by atoms with van der Waals surface area (Å²) in [6.07, 6.45) is 5.21. The number of carbonyl (C=O) groups is 1. The number of rotatable bonds is 4. The molecule has 0 atom stereocenters. The van der Waals surface area contributed by atoms with Crippen LogP contribution in [-0.2, 0) is 9.53 Å². The first-order chi connectivity index (χ1) is 6.62. The Kier molecular flexibility index (Phi) is 3.55. The lowest BCUT2D eigenvalue weighted by Gasteiger charge is -2.35. The first kappa shape index (κ1) is 11.1. The van der Waals surface area contributed by atoms with E-state index < -0.39 is 11.6 Å². The molecule has 0 unspecified atom stereocenters. The largest absolute Gasteiger partial charge is 0.512 e. The third-order valence-corrected chi connectivity index (χ3v) is 2.52. The normalized spacial score (nSPS) is 20.1. The predicted octanol–water partition coefficient (Wildman–Crippen LogP) is 2.71. The van der Waals surface area contributed by atoms with Gasteiger partial charge in [0.2, 0.25) is 0 Å². The van der Waals surface area contributed by atoms with E-state index in [-0.39, 0.29) is 5.76 Å². The van der Waals surface area contributed by atoms with Crippen molar-refractivity contribution >= 4 is 5.97 Å². The summed E-state index contributed by atoms with van der Waals surface area (Å²) in [6, 6.07) is 0. The summed E-state index contributed by atoms with van der Waals surface area (Å²) in [5.74, 6) is -0.251. The molecule has 1 rings (SSSR count). The highest BCUT2D eigenvalue weighted by Crippen LogP contribution is 2.33. The van der Waals surface area contributed by atoms with E-state index in [9.17, 15) is 9.90 Å². The molecule has 0 amide bonds. The Labute approximate surface area is 84.8 Å². The summed E-state index contributed by atoms with van der Waals surface area (Å²) in [5.41, 5.74) is -0.445. The minimum absolute atomic E-state index is 0.156. The number of aliphatic hydroxyl groups is 1. The Morgan fingerprint density at radius 2 is 2.00 bits per heavy atom. The van der Waals surface area contributed by atoms with E-state index in [0.717, 1.165) is 25.7 Å². The molecule has 0 aromatic rings. The maximum atomic E-state index is 11.2. The summed E-state index contributed by atoms with van der Waals surface area (Å²) in [6.45, 7) is 4.11. The molecule has 0 fully saturated rings. The molecule has 1 heterocycles. The van der Waals surface area contributed by atoms with Crippen molar-refractivity contribution in [3.8, 4) is 0 Å². The van der Waals surface area contributed by atoms with Crippen molar-refractivity contribution in [1.29, 1.82) is 0 Å². The van der Waals surface area contributed by atoms with Crippen molar-refractivity contribution < 1.29 is 14.6 Å². The molecule has 1 N–H and O–H groups in total. The minimum Gasteiger partial charge on any atom is -0.512 e. The van der Waals surface area contributed by atoms with Gasteiger partial charge in [-0.2, -0.15) is 0 Å². The van der Waals surface area contributed by atoms with Gasteiger partial charge in [-0.15, -0.1) is 0 Å². The maximum Gasteiger partial charge on any atom is 0.334 e. The Balaban J connectivity index is 2.78. The topological polar surface area (TPSA) is 46.5 Å². The maximum absolute atomic E-state index is 11.2. The highest BCUT2D eigenvalue weighted by molar-refractivity contribution is 5.83. The van der Waals surface area contributed by atoms with Crippen molar-refractivity contribution in [3.63, 3.8) is 0 Å². The van der Waals surface area contributed by atoms with Gasteiger partial charge in [-0.25, -0.2) is 4.79 Å². The predicted molar refractivity (Wildman–Crippen MR) is 54.0 cm³/mol. The van der Waals surface area contributed by atoms with Gasteiger partial charge in [0.25, 0.3) is 0 Å². The van der Waals surface area contributed by atoms with E-state index in [2.05, 4.69) is 13.8 Å². The fourth-order valence-electron chi connectivity index (χ4n) is 2.11. The lowest BCUT2D eigenvalue weighted by molar-refractivity contribution is -0.158. The number of ether oxygens (including phenoxy) is 1. The smallest absolute Gasteiger partial charge is 0.334 e. The fourth-order valence-corrected chi connectivity index (χ4v) is 2.11. The lowest BCUT2D eigenvalue weighted by atomic mass is 9.87. The molecule has 0 aromatic heterocycles. The van der Waals surface area contributed by atoms with Crippen LogP contribution in [0.25, 0.3) is 0 Å². The van der Waals surface area contributed by atoms with E-state index in [1.807, 2.05) is 0 Å². The van der Waals surface area contributed by atoms with E-state index >= 15 is 0 Å². The molecule has 0 aliphatic carbocycles. The fraction of sp³-hybridized carbons (Fsp3) is 0.727. The Morgan fingerprint density at radius 1 is 1.43 bits per heavy atom. The molecule has 1 aliphatic rings. The van der Waals surface area contributed by atoms with Crippen molar-refractivity contribution in [1.82, 2.24) is 0 Å². The van der Waals surface area contributed by atoms with Crippen LogP contribution in [0.1, 0.15) is 46.0 Å². The van der Waals surface area contributed by atoms with Crippen LogP contribution in [0.2, 0.25) is 0 Å². The highest BCUT2D eigenvalue weighted by atomic mass is 16.6. The minimum atomic E-state index is -0.445. The zero-order valence-corrected chi connectivity index (χ0v) is 8.88. The van der Waals surface area contributed by atoms with Crippen LogP contribution in [0.3, 0.4) is 0 Å². The van der Waals surface area contributed by atoms with Gasteiger partial charge in [-0.3, -0.25) is 0 Å². The van der Waals surface area contributed by atoms with Crippen molar-refractivity contribution in [3.05, 3.63) is 11.8 Å². The first-order valence-electron chi connectivity index (χ1n) is 5.24. The number of hydrogen-bond donors (Lipinski definition) is 1. The van der Waals surface area contributed by atoms with Crippen LogP contribution in [0.15, 0.2) is 11.8 Å². The number of esters is 1. The molecule has 0 aromatic carbocycles. The second-order valence-corrected chi connectivity index (χ2v) is 3.92. The van der Waals surface area contributed by atoms with Gasteiger partial charge in [-0.05, 0) is 12.8 Å². The highest BCUT2D eigenvalue weighted by Gasteiger charge is 2.36. The monoisotopic (exact) mass is 198 g/mol. The molecule has 1 aliphatic heterocycles. The molecule has 0 saturated carbocycles. The molecule has 3 nitrogen and oxygen atoms in total. The van der Waals surface area contributed by atoms with Gasteiger partial charge in [0.05, 0.1) is 6.08 Å². The summed E-state index contributed by atoms with van der Waals surface area (Å²) in [7, 11) is 0. The molecule has 0 spiro atoms. The molecule has 0 bridgehead atoms. The standard InChI is InChI=1S/C11H18O3/c1-3-5-11(6-4-2)8-9(12)7-10(13)14-11/h7,12H,3-6,8H2,1-2H3. The van der Waals surface area contributed by atoms with E-state index in [0.29, 0.717) is 6.42 Å². The Morgan fingerprint density at radius 3 is 2.43 bits per heavy atom. The number of carbonyl (C=O) groups excluding carboxylic acids is 1. The van der Waals surface area contributed by atoms with Crippen LogP contribution in [0.4, 0.5) is 0 Å². The van der Waals surface area contributed by atoms with Gasteiger partial charge in [-0.1, -0.05) is 26.7 Å². The summed E-state index contributed by atoms with van der Waals surface area (Å²) in [4.78, 5) is 11.2. The second-order valence-electron chi connectivity index (χ2n) is 3.92. The molecule has 0 radical (unpaired) electrons. The molecule has 3 heteroatoms. The third kappa shape index (κ3) is 2.50. The van der Waals surface area contributed by atoms with Gasteiger partial charge in [0.15, 0.2) is 0 Å². The second kappa shape index (κ2) is 4.49. The van der Waals surface area contributed by atoms with Gasteiger partial charge >= 0.3 is 5.97 Å². The van der Waals surface area contributed by atoms with Crippen LogP contribution < -0.4 is 0 Å². The van der Waals surface area contributed by atoms with Crippen LogP contribution in [0, 0.1) is 0 Å². The Bertz CT molecular complexity index is 237. The summed E-state index contributed by atoms with van der Waals surface area (Å²) >= 11 is 0. The van der Waals surface area contributed by atoms with E-state index in [1.54, 1.807) is 0 Å². The van der Waals surface area contributed by atoms with Crippen molar-refractivity contribution in [2.45, 2.75) is 51.6 Å². The number of cyclic esters (lactones) is 1. The molecular weight excluding hydrogens is 180 g/mol. The Hall–Kier alpha value is -0.990. The van der Waals surface area contributed by atoms with E-state index in [4.69, 9.17) is 4.74 Å². The van der Waals surface area contributed by atoms with Crippen LogP contribution in [-0.4, -0.2) is 16.7 Å². The number of aliphatic hydroxyl groups excluding tert-OH is 1. The van der Waals surface area contributed by atoms with Crippen LogP contribution >= 0.6 is 0 Å². The van der Waals surface area contributed by atoms with E-state index in [1.165, 1.54) is 6.08 Å². The van der Waals surface area contributed by atoms with Crippen molar-refractivity contribution in [2.75, 3.05) is 0 Å².